The van der Waals surface area contributed by atoms with Crippen LogP contribution in [0.4, 0.5) is 0 Å². The van der Waals surface area contributed by atoms with Gasteiger partial charge in [-0.2, -0.15) is 0 Å². The molecule has 0 amide bonds. The van der Waals surface area contributed by atoms with Crippen LogP contribution in [0.1, 0.15) is 29.1 Å². The Balaban J connectivity index is 2.04. The highest BCUT2D eigenvalue weighted by molar-refractivity contribution is 7.18. The minimum Gasteiger partial charge on any atom is -0.491 e. The maximum absolute atomic E-state index is 12.6. The third kappa shape index (κ3) is 2.82. The van der Waals surface area contributed by atoms with E-state index < -0.39 is 0 Å². The Hall–Kier alpha value is -1.78. The molecule has 0 saturated heterocycles. The lowest BCUT2D eigenvalue weighted by atomic mass is 10.1. The Morgan fingerprint density at radius 1 is 1.29 bits per heavy atom. The summed E-state index contributed by atoms with van der Waals surface area (Å²) in [6.07, 6.45) is 1.83. The lowest BCUT2D eigenvalue weighted by molar-refractivity contribution is 0.104. The number of benzene rings is 1. The van der Waals surface area contributed by atoms with E-state index in [0.717, 1.165) is 16.7 Å². The number of rotatable bonds is 4. The molecular weight excluding hydrogens is 306 g/mol. The van der Waals surface area contributed by atoms with Crippen molar-refractivity contribution in [3.8, 4) is 5.75 Å². The summed E-state index contributed by atoms with van der Waals surface area (Å²) < 4.78 is 6.31. The summed E-state index contributed by atoms with van der Waals surface area (Å²) in [6.45, 7) is 3.95. The molecule has 0 atom stereocenters. The van der Waals surface area contributed by atoms with E-state index in [1.165, 1.54) is 11.3 Å². The fourth-order valence-electron chi connectivity index (χ4n) is 2.20. The zero-order chi connectivity index (χ0) is 15.0. The molecule has 1 aromatic carbocycles. The number of hydrogen-bond donors (Lipinski definition) is 1. The van der Waals surface area contributed by atoms with Crippen LogP contribution in [0.3, 0.4) is 0 Å². The van der Waals surface area contributed by atoms with Gasteiger partial charge in [-0.3, -0.25) is 4.79 Å². The first-order valence-electron chi connectivity index (χ1n) is 6.62. The SMILES string of the molecule is CC(C)Oc1ccc2[nH]cc(C(=O)c3ccc(Cl)s3)c2c1. The number of carbonyl (C=O) groups excluding carboxylic acids is 1. The zero-order valence-corrected chi connectivity index (χ0v) is 13.2. The van der Waals surface area contributed by atoms with Gasteiger partial charge in [0.25, 0.3) is 0 Å². The average Bonchev–Trinajstić information content (AvgIpc) is 3.03. The fraction of sp³-hybridized carbons (Fsp3) is 0.188. The van der Waals surface area contributed by atoms with Crippen molar-refractivity contribution in [3.63, 3.8) is 0 Å². The van der Waals surface area contributed by atoms with Crippen LogP contribution in [-0.2, 0) is 0 Å². The van der Waals surface area contributed by atoms with Gasteiger partial charge in [0.05, 0.1) is 15.3 Å². The number of ether oxygens (including phenoxy) is 1. The van der Waals surface area contributed by atoms with Gasteiger partial charge >= 0.3 is 0 Å². The number of carbonyl (C=O) groups is 1. The molecule has 0 fully saturated rings. The van der Waals surface area contributed by atoms with Gasteiger partial charge in [-0.15, -0.1) is 11.3 Å². The predicted octanol–water partition coefficient (Wildman–Crippen LogP) is 4.90. The van der Waals surface area contributed by atoms with E-state index in [4.69, 9.17) is 16.3 Å². The van der Waals surface area contributed by atoms with E-state index >= 15 is 0 Å². The van der Waals surface area contributed by atoms with E-state index in [-0.39, 0.29) is 11.9 Å². The number of aromatic amines is 1. The minimum atomic E-state index is -0.0279. The van der Waals surface area contributed by atoms with E-state index in [1.807, 2.05) is 32.0 Å². The minimum absolute atomic E-state index is 0.0279. The summed E-state index contributed by atoms with van der Waals surface area (Å²) in [5, 5.41) is 0.864. The number of thiophene rings is 1. The van der Waals surface area contributed by atoms with Crippen LogP contribution in [0.2, 0.25) is 4.34 Å². The van der Waals surface area contributed by atoms with Crippen molar-refractivity contribution < 1.29 is 9.53 Å². The average molecular weight is 320 g/mol. The molecule has 2 aromatic heterocycles. The van der Waals surface area contributed by atoms with Gasteiger partial charge in [-0.25, -0.2) is 0 Å². The summed E-state index contributed by atoms with van der Waals surface area (Å²) in [6, 6.07) is 9.21. The van der Waals surface area contributed by atoms with Crippen molar-refractivity contribution in [2.75, 3.05) is 0 Å². The van der Waals surface area contributed by atoms with Gasteiger partial charge in [0.1, 0.15) is 5.75 Å². The molecule has 0 aliphatic rings. The number of nitrogens with one attached hydrogen (secondary N) is 1. The van der Waals surface area contributed by atoms with Gasteiger partial charge in [-0.1, -0.05) is 11.6 Å². The lowest BCUT2D eigenvalue weighted by Crippen LogP contribution is -2.05. The summed E-state index contributed by atoms with van der Waals surface area (Å²) >= 11 is 7.19. The summed E-state index contributed by atoms with van der Waals surface area (Å²) in [7, 11) is 0. The predicted molar refractivity (Wildman–Crippen MR) is 86.8 cm³/mol. The molecule has 108 valence electrons. The maximum Gasteiger partial charge on any atom is 0.205 e. The summed E-state index contributed by atoms with van der Waals surface area (Å²) in [4.78, 5) is 16.3. The third-order valence-electron chi connectivity index (χ3n) is 3.07. The number of H-pyrrole nitrogens is 1. The molecule has 1 N–H and O–H groups in total. The van der Waals surface area contributed by atoms with E-state index in [2.05, 4.69) is 4.98 Å². The Labute approximate surface area is 131 Å². The van der Waals surface area contributed by atoms with Crippen LogP contribution in [-0.4, -0.2) is 16.9 Å². The Kier molecular flexibility index (Phi) is 3.74. The largest absolute Gasteiger partial charge is 0.491 e. The van der Waals surface area contributed by atoms with Crippen molar-refractivity contribution in [2.24, 2.45) is 0 Å². The van der Waals surface area contributed by atoms with E-state index in [9.17, 15) is 4.79 Å². The van der Waals surface area contributed by atoms with Crippen LogP contribution >= 0.6 is 22.9 Å². The molecule has 0 aliphatic carbocycles. The first kappa shape index (κ1) is 14.2. The summed E-state index contributed by atoms with van der Waals surface area (Å²) in [5.41, 5.74) is 1.55. The fourth-order valence-corrected chi connectivity index (χ4v) is 3.20. The number of halogens is 1. The molecule has 2 heterocycles. The highest BCUT2D eigenvalue weighted by atomic mass is 35.5. The molecule has 3 rings (SSSR count). The third-order valence-corrected chi connectivity index (χ3v) is 4.30. The van der Waals surface area contributed by atoms with Crippen molar-refractivity contribution in [1.29, 1.82) is 0 Å². The highest BCUT2D eigenvalue weighted by Crippen LogP contribution is 2.29. The van der Waals surface area contributed by atoms with E-state index in [0.29, 0.717) is 14.8 Å². The monoisotopic (exact) mass is 319 g/mol. The van der Waals surface area contributed by atoms with Gasteiger partial charge in [-0.05, 0) is 44.2 Å². The van der Waals surface area contributed by atoms with Gasteiger partial charge in [0.15, 0.2) is 0 Å². The standard InChI is InChI=1S/C16H14ClNO2S/c1-9(2)20-10-3-4-13-11(7-10)12(8-18-13)16(19)14-5-6-15(17)21-14/h3-9,18H,1-2H3. The quantitative estimate of drug-likeness (QED) is 0.695. The highest BCUT2D eigenvalue weighted by Gasteiger charge is 2.16. The molecule has 0 spiro atoms. The lowest BCUT2D eigenvalue weighted by Gasteiger charge is -2.09. The second-order valence-corrected chi connectivity index (χ2v) is 6.72. The summed E-state index contributed by atoms with van der Waals surface area (Å²) in [5.74, 6) is 0.732. The second kappa shape index (κ2) is 5.54. The van der Waals surface area contributed by atoms with Crippen molar-refractivity contribution in [3.05, 3.63) is 51.3 Å². The Bertz CT molecular complexity index is 804. The molecule has 0 aliphatic heterocycles. The molecule has 0 unspecified atom stereocenters. The first-order chi connectivity index (χ1) is 10.0. The molecular formula is C16H14ClNO2S. The van der Waals surface area contributed by atoms with Crippen LogP contribution in [0.15, 0.2) is 36.5 Å². The molecule has 3 aromatic rings. The molecule has 3 nitrogen and oxygen atoms in total. The smallest absolute Gasteiger partial charge is 0.205 e. The molecule has 0 radical (unpaired) electrons. The van der Waals surface area contributed by atoms with Crippen LogP contribution in [0, 0.1) is 0 Å². The van der Waals surface area contributed by atoms with Crippen LogP contribution < -0.4 is 4.74 Å². The molecule has 0 bridgehead atoms. The van der Waals surface area contributed by atoms with Crippen LogP contribution in [0.5, 0.6) is 5.75 Å². The number of hydrogen-bond acceptors (Lipinski definition) is 3. The number of ketones is 1. The Morgan fingerprint density at radius 2 is 2.10 bits per heavy atom. The topological polar surface area (TPSA) is 42.1 Å². The Morgan fingerprint density at radius 3 is 2.76 bits per heavy atom. The molecule has 0 saturated carbocycles. The molecule has 21 heavy (non-hydrogen) atoms. The van der Waals surface area contributed by atoms with Gasteiger partial charge < -0.3 is 9.72 Å². The first-order valence-corrected chi connectivity index (χ1v) is 7.82. The number of fused-ring (bicyclic) bond motifs is 1. The van der Waals surface area contributed by atoms with Crippen molar-refractivity contribution >= 4 is 39.6 Å². The van der Waals surface area contributed by atoms with Crippen molar-refractivity contribution in [2.45, 2.75) is 20.0 Å². The number of aromatic nitrogens is 1. The maximum atomic E-state index is 12.6. The van der Waals surface area contributed by atoms with Gasteiger partial charge in [0.2, 0.25) is 5.78 Å². The normalized spacial score (nSPS) is 11.2. The van der Waals surface area contributed by atoms with Crippen molar-refractivity contribution in [1.82, 2.24) is 4.98 Å². The van der Waals surface area contributed by atoms with Gasteiger partial charge in [0, 0.05) is 22.7 Å². The molecule has 5 heteroatoms. The van der Waals surface area contributed by atoms with E-state index in [1.54, 1.807) is 18.3 Å². The second-order valence-electron chi connectivity index (χ2n) is 5.01. The van der Waals surface area contributed by atoms with Crippen LogP contribution in [0.25, 0.3) is 10.9 Å². The zero-order valence-electron chi connectivity index (χ0n) is 11.6.